The van der Waals surface area contributed by atoms with E-state index in [9.17, 15) is 0 Å². The third-order valence-electron chi connectivity index (χ3n) is 5.45. The van der Waals surface area contributed by atoms with E-state index in [2.05, 4.69) is 48.3 Å². The van der Waals surface area contributed by atoms with Crippen LogP contribution in [-0.2, 0) is 13.2 Å². The summed E-state index contributed by atoms with van der Waals surface area (Å²) in [7, 11) is 1.66. The summed E-state index contributed by atoms with van der Waals surface area (Å²) < 4.78 is 11.5. The molecule has 1 fully saturated rings. The third-order valence-corrected chi connectivity index (χ3v) is 5.80. The van der Waals surface area contributed by atoms with Crippen LogP contribution >= 0.6 is 11.6 Å². The highest BCUT2D eigenvalue weighted by molar-refractivity contribution is 6.31. The Labute approximate surface area is 173 Å². The molecule has 1 unspecified atom stereocenters. The summed E-state index contributed by atoms with van der Waals surface area (Å²) in [5, 5.41) is 4.26. The first-order valence-corrected chi connectivity index (χ1v) is 10.5. The van der Waals surface area contributed by atoms with E-state index < -0.39 is 0 Å². The van der Waals surface area contributed by atoms with Crippen LogP contribution in [0.3, 0.4) is 0 Å². The molecule has 2 aromatic carbocycles. The van der Waals surface area contributed by atoms with Crippen molar-refractivity contribution >= 4 is 11.6 Å². The van der Waals surface area contributed by atoms with Gasteiger partial charge in [-0.15, -0.1) is 0 Å². The Morgan fingerprint density at radius 1 is 1.18 bits per heavy atom. The molecule has 28 heavy (non-hydrogen) atoms. The SMILES string of the molecule is CCN1CCCC1CNCc1cc(OC)c(OCc2ccc(C)cc2)cc1Cl. The van der Waals surface area contributed by atoms with Crippen LogP contribution in [0, 0.1) is 6.92 Å². The number of likely N-dealkylation sites (N-methyl/N-ethyl adjacent to an activating group) is 1. The van der Waals surface area contributed by atoms with Gasteiger partial charge in [-0.3, -0.25) is 4.90 Å². The summed E-state index contributed by atoms with van der Waals surface area (Å²) in [5.74, 6) is 1.38. The molecule has 1 N–H and O–H groups in total. The quantitative estimate of drug-likeness (QED) is 0.652. The van der Waals surface area contributed by atoms with Crippen molar-refractivity contribution in [1.82, 2.24) is 10.2 Å². The van der Waals surface area contributed by atoms with E-state index in [0.29, 0.717) is 29.2 Å². The van der Waals surface area contributed by atoms with E-state index in [1.165, 1.54) is 24.9 Å². The predicted octanol–water partition coefficient (Wildman–Crippen LogP) is 4.81. The molecular weight excluding hydrogens is 372 g/mol. The van der Waals surface area contributed by atoms with Gasteiger partial charge < -0.3 is 14.8 Å². The zero-order valence-corrected chi connectivity index (χ0v) is 17.9. The lowest BCUT2D eigenvalue weighted by atomic mass is 10.1. The van der Waals surface area contributed by atoms with Gasteiger partial charge in [0.25, 0.3) is 0 Å². The fourth-order valence-electron chi connectivity index (χ4n) is 3.75. The Morgan fingerprint density at radius 2 is 1.96 bits per heavy atom. The largest absolute Gasteiger partial charge is 0.493 e. The van der Waals surface area contributed by atoms with Crippen molar-refractivity contribution in [3.63, 3.8) is 0 Å². The number of hydrogen-bond acceptors (Lipinski definition) is 4. The second-order valence-electron chi connectivity index (χ2n) is 7.42. The molecule has 0 radical (unpaired) electrons. The number of ether oxygens (including phenoxy) is 2. The highest BCUT2D eigenvalue weighted by Crippen LogP contribution is 2.34. The number of nitrogens with zero attached hydrogens (tertiary/aromatic N) is 1. The van der Waals surface area contributed by atoms with Crippen LogP contribution in [0.25, 0.3) is 0 Å². The van der Waals surface area contributed by atoms with Crippen LogP contribution in [0.2, 0.25) is 5.02 Å². The molecule has 0 saturated carbocycles. The van der Waals surface area contributed by atoms with Crippen molar-refractivity contribution in [3.8, 4) is 11.5 Å². The van der Waals surface area contributed by atoms with Crippen molar-refractivity contribution in [1.29, 1.82) is 0 Å². The molecule has 0 aromatic heterocycles. The minimum Gasteiger partial charge on any atom is -0.493 e. The van der Waals surface area contributed by atoms with Gasteiger partial charge in [0.05, 0.1) is 7.11 Å². The topological polar surface area (TPSA) is 33.7 Å². The van der Waals surface area contributed by atoms with Gasteiger partial charge in [-0.1, -0.05) is 48.4 Å². The van der Waals surface area contributed by atoms with Gasteiger partial charge in [0.15, 0.2) is 11.5 Å². The molecule has 3 rings (SSSR count). The van der Waals surface area contributed by atoms with Gasteiger partial charge in [-0.05, 0) is 50.0 Å². The van der Waals surface area contributed by atoms with Crippen LogP contribution in [0.15, 0.2) is 36.4 Å². The first-order valence-electron chi connectivity index (χ1n) is 10.1. The zero-order chi connectivity index (χ0) is 19.9. The van der Waals surface area contributed by atoms with Gasteiger partial charge >= 0.3 is 0 Å². The number of hydrogen-bond donors (Lipinski definition) is 1. The summed E-state index contributed by atoms with van der Waals surface area (Å²) in [6.07, 6.45) is 2.56. The molecule has 0 aliphatic carbocycles. The van der Waals surface area contributed by atoms with Crippen molar-refractivity contribution in [2.45, 2.75) is 45.9 Å². The van der Waals surface area contributed by atoms with Gasteiger partial charge in [-0.25, -0.2) is 0 Å². The van der Waals surface area contributed by atoms with Crippen LogP contribution in [0.5, 0.6) is 11.5 Å². The average Bonchev–Trinajstić information content (AvgIpc) is 3.16. The smallest absolute Gasteiger partial charge is 0.163 e. The molecule has 1 heterocycles. The molecule has 1 aliphatic heterocycles. The number of benzene rings is 2. The van der Waals surface area contributed by atoms with Gasteiger partial charge in [-0.2, -0.15) is 0 Å². The highest BCUT2D eigenvalue weighted by Gasteiger charge is 2.22. The first-order chi connectivity index (χ1) is 13.6. The Balaban J connectivity index is 1.59. The molecule has 1 aliphatic rings. The maximum absolute atomic E-state index is 6.53. The molecular formula is C23H31ClN2O2. The minimum atomic E-state index is 0.485. The maximum Gasteiger partial charge on any atom is 0.163 e. The van der Waals surface area contributed by atoms with E-state index >= 15 is 0 Å². The molecule has 0 spiro atoms. The first kappa shape index (κ1) is 21.0. The number of rotatable bonds is 9. The summed E-state index contributed by atoms with van der Waals surface area (Å²) >= 11 is 6.53. The monoisotopic (exact) mass is 402 g/mol. The van der Waals surface area contributed by atoms with E-state index in [1.54, 1.807) is 7.11 Å². The van der Waals surface area contributed by atoms with Gasteiger partial charge in [0, 0.05) is 30.2 Å². The average molecular weight is 403 g/mol. The number of nitrogens with one attached hydrogen (secondary N) is 1. The standard InChI is InChI=1S/C23H31ClN2O2/c1-4-26-11-5-6-20(26)15-25-14-19-12-22(27-3)23(13-21(19)24)28-16-18-9-7-17(2)8-10-18/h7-10,12-13,20,25H,4-6,11,14-16H2,1-3H3. The summed E-state index contributed by atoms with van der Waals surface area (Å²) in [4.78, 5) is 2.54. The van der Waals surface area contributed by atoms with Crippen molar-refractivity contribution in [2.75, 3.05) is 26.7 Å². The number of likely N-dealkylation sites (tertiary alicyclic amines) is 1. The summed E-state index contributed by atoms with van der Waals surface area (Å²) in [6, 6.07) is 12.8. The van der Waals surface area contributed by atoms with Crippen LogP contribution in [-0.4, -0.2) is 37.7 Å². The highest BCUT2D eigenvalue weighted by atomic mass is 35.5. The molecule has 5 heteroatoms. The fourth-order valence-corrected chi connectivity index (χ4v) is 3.97. The molecule has 1 atom stereocenters. The van der Waals surface area contributed by atoms with Crippen LogP contribution in [0.4, 0.5) is 0 Å². The fraction of sp³-hybridized carbons (Fsp3) is 0.478. The van der Waals surface area contributed by atoms with E-state index in [1.807, 2.05) is 12.1 Å². The summed E-state index contributed by atoms with van der Waals surface area (Å²) in [6.45, 7) is 8.83. The second-order valence-corrected chi connectivity index (χ2v) is 7.83. The Kier molecular flexibility index (Phi) is 7.60. The van der Waals surface area contributed by atoms with Gasteiger partial charge in [0.2, 0.25) is 0 Å². The minimum absolute atomic E-state index is 0.485. The third kappa shape index (κ3) is 5.40. The molecule has 4 nitrogen and oxygen atoms in total. The predicted molar refractivity (Wildman–Crippen MR) is 115 cm³/mol. The number of halogens is 1. The van der Waals surface area contributed by atoms with Gasteiger partial charge in [0.1, 0.15) is 6.61 Å². The molecule has 1 saturated heterocycles. The van der Waals surface area contributed by atoms with Crippen molar-refractivity contribution in [3.05, 3.63) is 58.1 Å². The van der Waals surface area contributed by atoms with E-state index in [-0.39, 0.29) is 0 Å². The summed E-state index contributed by atoms with van der Waals surface area (Å²) in [5.41, 5.74) is 3.38. The number of aryl methyl sites for hydroxylation is 1. The lowest BCUT2D eigenvalue weighted by Gasteiger charge is -2.23. The Morgan fingerprint density at radius 3 is 2.68 bits per heavy atom. The number of methoxy groups -OCH3 is 1. The van der Waals surface area contributed by atoms with Crippen LogP contribution < -0.4 is 14.8 Å². The molecule has 152 valence electrons. The lowest BCUT2D eigenvalue weighted by Crippen LogP contribution is -2.37. The lowest BCUT2D eigenvalue weighted by molar-refractivity contribution is 0.260. The zero-order valence-electron chi connectivity index (χ0n) is 17.1. The second kappa shape index (κ2) is 10.1. The van der Waals surface area contributed by atoms with Crippen LogP contribution in [0.1, 0.15) is 36.5 Å². The Hall–Kier alpha value is -1.75. The molecule has 0 amide bonds. The van der Waals surface area contributed by atoms with Crippen molar-refractivity contribution < 1.29 is 9.47 Å². The maximum atomic E-state index is 6.53. The molecule has 0 bridgehead atoms. The molecule has 2 aromatic rings. The van der Waals surface area contributed by atoms with Crippen molar-refractivity contribution in [2.24, 2.45) is 0 Å². The Bertz CT molecular complexity index is 764. The normalized spacial score (nSPS) is 17.1. The van der Waals surface area contributed by atoms with E-state index in [0.717, 1.165) is 30.8 Å². The van der Waals surface area contributed by atoms with E-state index in [4.69, 9.17) is 21.1 Å².